The predicted molar refractivity (Wildman–Crippen MR) is 82.9 cm³/mol. The molecule has 0 bridgehead atoms. The number of amides is 1. The Hall–Kier alpha value is -1.40. The molecule has 1 aliphatic heterocycles. The molecule has 5 nitrogen and oxygen atoms in total. The van der Waals surface area contributed by atoms with E-state index in [1.54, 1.807) is 12.4 Å². The highest BCUT2D eigenvalue weighted by atomic mass is 35.5. The Morgan fingerprint density at radius 1 is 1.57 bits per heavy atom. The van der Waals surface area contributed by atoms with Crippen LogP contribution in [0.25, 0.3) is 0 Å². The van der Waals surface area contributed by atoms with Crippen LogP contribution in [0.3, 0.4) is 0 Å². The van der Waals surface area contributed by atoms with Crippen molar-refractivity contribution in [3.63, 3.8) is 0 Å². The molecular weight excluding hydrogens is 308 g/mol. The Bertz CT molecular complexity index is 638. The molecule has 1 unspecified atom stereocenters. The van der Waals surface area contributed by atoms with E-state index in [1.807, 2.05) is 10.3 Å². The number of thiophene rings is 1. The van der Waals surface area contributed by atoms with Crippen LogP contribution in [0, 0.1) is 0 Å². The lowest BCUT2D eigenvalue weighted by molar-refractivity contribution is 0.0704. The number of aromatic nitrogens is 3. The summed E-state index contributed by atoms with van der Waals surface area (Å²) in [5.41, 5.74) is 0.683. The average molecular weight is 325 g/mol. The molecule has 3 rings (SSSR count). The first-order valence-corrected chi connectivity index (χ1v) is 8.35. The first-order valence-electron chi connectivity index (χ1n) is 7.10. The minimum absolute atomic E-state index is 0.0606. The van der Waals surface area contributed by atoms with Gasteiger partial charge in [-0.1, -0.05) is 11.6 Å². The van der Waals surface area contributed by atoms with Crippen molar-refractivity contribution in [1.82, 2.24) is 19.7 Å². The molecule has 1 fully saturated rings. The molecule has 1 atom stereocenters. The van der Waals surface area contributed by atoms with E-state index in [2.05, 4.69) is 21.7 Å². The first-order chi connectivity index (χ1) is 10.2. The van der Waals surface area contributed by atoms with Crippen molar-refractivity contribution in [2.24, 2.45) is 0 Å². The van der Waals surface area contributed by atoms with E-state index in [1.165, 1.54) is 11.3 Å². The molecular formula is C14H17ClN4OS. The summed E-state index contributed by atoms with van der Waals surface area (Å²) in [6, 6.07) is 1.74. The molecule has 0 spiro atoms. The zero-order chi connectivity index (χ0) is 14.8. The van der Waals surface area contributed by atoms with Gasteiger partial charge in [-0.2, -0.15) is 0 Å². The van der Waals surface area contributed by atoms with E-state index in [0.29, 0.717) is 16.4 Å². The van der Waals surface area contributed by atoms with E-state index < -0.39 is 0 Å². The van der Waals surface area contributed by atoms with Crippen molar-refractivity contribution in [1.29, 1.82) is 0 Å². The van der Waals surface area contributed by atoms with Crippen LogP contribution in [-0.2, 0) is 6.54 Å². The summed E-state index contributed by atoms with van der Waals surface area (Å²) in [4.78, 5) is 14.4. The van der Waals surface area contributed by atoms with E-state index in [0.717, 1.165) is 31.8 Å². The first kappa shape index (κ1) is 14.5. The maximum atomic E-state index is 12.5. The van der Waals surface area contributed by atoms with Crippen LogP contribution >= 0.6 is 22.9 Å². The minimum Gasteiger partial charge on any atom is -0.338 e. The number of aryl methyl sites for hydroxylation is 1. The summed E-state index contributed by atoms with van der Waals surface area (Å²) in [6.45, 7) is 4.42. The molecule has 0 aromatic carbocycles. The minimum atomic E-state index is 0.0606. The second kappa shape index (κ2) is 6.15. The normalized spacial score (nSPS) is 19.0. The van der Waals surface area contributed by atoms with Crippen LogP contribution < -0.4 is 0 Å². The lowest BCUT2D eigenvalue weighted by atomic mass is 9.96. The third kappa shape index (κ3) is 2.96. The molecule has 0 N–H and O–H groups in total. The maximum absolute atomic E-state index is 12.5. The third-order valence-corrected chi connectivity index (χ3v) is 4.97. The number of carbonyl (C=O) groups excluding carboxylic acids is 1. The fourth-order valence-corrected chi connectivity index (χ4v) is 3.66. The van der Waals surface area contributed by atoms with Crippen LogP contribution in [0.2, 0.25) is 4.34 Å². The van der Waals surface area contributed by atoms with Gasteiger partial charge in [-0.05, 0) is 25.8 Å². The fourth-order valence-electron chi connectivity index (χ4n) is 2.80. The molecule has 1 saturated heterocycles. The molecule has 2 aromatic heterocycles. The van der Waals surface area contributed by atoms with Gasteiger partial charge in [0.05, 0.1) is 9.90 Å². The fraction of sp³-hybridized carbons (Fsp3) is 0.500. The van der Waals surface area contributed by atoms with Crippen molar-refractivity contribution in [3.8, 4) is 0 Å². The number of rotatable bonds is 3. The van der Waals surface area contributed by atoms with Crippen molar-refractivity contribution in [2.45, 2.75) is 32.2 Å². The van der Waals surface area contributed by atoms with Gasteiger partial charge in [-0.15, -0.1) is 21.5 Å². The van der Waals surface area contributed by atoms with Crippen molar-refractivity contribution >= 4 is 28.8 Å². The standard InChI is InChI=1S/C14H17ClN4OS/c1-2-18-9-16-17-13(18)10-4-3-5-19(7-10)14(20)11-6-12(15)21-8-11/h6,8-10H,2-5,7H2,1H3. The van der Waals surface area contributed by atoms with E-state index in [4.69, 9.17) is 11.6 Å². The zero-order valence-corrected chi connectivity index (χ0v) is 13.4. The van der Waals surface area contributed by atoms with Crippen LogP contribution in [0.5, 0.6) is 0 Å². The molecule has 1 aliphatic rings. The number of hydrogen-bond donors (Lipinski definition) is 0. The van der Waals surface area contributed by atoms with Crippen molar-refractivity contribution in [3.05, 3.63) is 33.5 Å². The van der Waals surface area contributed by atoms with Crippen LogP contribution in [0.1, 0.15) is 41.9 Å². The molecule has 7 heteroatoms. The van der Waals surface area contributed by atoms with Gasteiger partial charge < -0.3 is 9.47 Å². The second-order valence-electron chi connectivity index (χ2n) is 5.20. The summed E-state index contributed by atoms with van der Waals surface area (Å²) in [5, 5.41) is 10.1. The summed E-state index contributed by atoms with van der Waals surface area (Å²) in [5.74, 6) is 1.31. The second-order valence-corrected chi connectivity index (χ2v) is 6.75. The number of carbonyl (C=O) groups is 1. The Labute approximate surface area is 132 Å². The summed E-state index contributed by atoms with van der Waals surface area (Å²) < 4.78 is 2.71. The summed E-state index contributed by atoms with van der Waals surface area (Å²) in [6.07, 6.45) is 3.80. The lowest BCUT2D eigenvalue weighted by Gasteiger charge is -2.32. The number of hydrogen-bond acceptors (Lipinski definition) is 4. The van der Waals surface area contributed by atoms with E-state index in [9.17, 15) is 4.79 Å². The average Bonchev–Trinajstić information content (AvgIpc) is 3.15. The molecule has 0 radical (unpaired) electrons. The quantitative estimate of drug-likeness (QED) is 0.872. The topological polar surface area (TPSA) is 51.0 Å². The number of nitrogens with zero attached hydrogens (tertiary/aromatic N) is 4. The van der Waals surface area contributed by atoms with Crippen molar-refractivity contribution in [2.75, 3.05) is 13.1 Å². The third-order valence-electron chi connectivity index (χ3n) is 3.87. The summed E-state index contributed by atoms with van der Waals surface area (Å²) in [7, 11) is 0. The number of piperidine rings is 1. The lowest BCUT2D eigenvalue weighted by Crippen LogP contribution is -2.39. The molecule has 112 valence electrons. The van der Waals surface area contributed by atoms with E-state index >= 15 is 0 Å². The van der Waals surface area contributed by atoms with Gasteiger partial charge in [-0.3, -0.25) is 4.79 Å². The predicted octanol–water partition coefficient (Wildman–Crippen LogP) is 3.03. The molecule has 21 heavy (non-hydrogen) atoms. The van der Waals surface area contributed by atoms with Crippen LogP contribution in [0.15, 0.2) is 17.8 Å². The number of halogens is 1. The maximum Gasteiger partial charge on any atom is 0.254 e. The Kier molecular flexibility index (Phi) is 4.26. The van der Waals surface area contributed by atoms with Crippen LogP contribution in [-0.4, -0.2) is 38.7 Å². The van der Waals surface area contributed by atoms with Gasteiger partial charge in [0.2, 0.25) is 0 Å². The monoisotopic (exact) mass is 324 g/mol. The summed E-state index contributed by atoms with van der Waals surface area (Å²) >= 11 is 7.31. The van der Waals surface area contributed by atoms with Gasteiger partial charge in [-0.25, -0.2) is 0 Å². The van der Waals surface area contributed by atoms with Gasteiger partial charge in [0, 0.05) is 30.9 Å². The van der Waals surface area contributed by atoms with Crippen molar-refractivity contribution < 1.29 is 4.79 Å². The SMILES string of the molecule is CCn1cnnc1C1CCCN(C(=O)c2csc(Cl)c2)C1. The molecule has 0 aliphatic carbocycles. The molecule has 1 amide bonds. The van der Waals surface area contributed by atoms with Gasteiger partial charge in [0.15, 0.2) is 0 Å². The van der Waals surface area contributed by atoms with E-state index in [-0.39, 0.29) is 11.8 Å². The molecule has 2 aromatic rings. The Morgan fingerprint density at radius 2 is 2.43 bits per heavy atom. The zero-order valence-electron chi connectivity index (χ0n) is 11.8. The highest BCUT2D eigenvalue weighted by molar-refractivity contribution is 7.14. The smallest absolute Gasteiger partial charge is 0.254 e. The van der Waals surface area contributed by atoms with Gasteiger partial charge in [0.25, 0.3) is 5.91 Å². The van der Waals surface area contributed by atoms with Crippen LogP contribution in [0.4, 0.5) is 0 Å². The molecule has 3 heterocycles. The largest absolute Gasteiger partial charge is 0.338 e. The number of likely N-dealkylation sites (tertiary alicyclic amines) is 1. The van der Waals surface area contributed by atoms with Gasteiger partial charge >= 0.3 is 0 Å². The van der Waals surface area contributed by atoms with Gasteiger partial charge in [0.1, 0.15) is 12.2 Å². The highest BCUT2D eigenvalue weighted by Crippen LogP contribution is 2.28. The Morgan fingerprint density at radius 3 is 3.14 bits per heavy atom. The molecule has 0 saturated carbocycles. The highest BCUT2D eigenvalue weighted by Gasteiger charge is 2.28. The Balaban J connectivity index is 1.75.